The summed E-state index contributed by atoms with van der Waals surface area (Å²) in [5.41, 5.74) is 0. The van der Waals surface area contributed by atoms with Crippen LogP contribution in [-0.4, -0.2) is 37.2 Å². The van der Waals surface area contributed by atoms with E-state index in [0.29, 0.717) is 19.3 Å². The first-order chi connectivity index (χ1) is 27.2. The van der Waals surface area contributed by atoms with E-state index >= 15 is 0 Å². The molecule has 0 amide bonds. The number of carbonyl (C=O) groups is 3. The standard InChI is InChI=1S/C50H96O6/c1-6-7-8-9-10-11-12-13-17-20-25-30-35-40-48(51)54-43-47(44-55-49(52)41-36-31-27-22-24-29-34-39-46(4)5)56-50(53)42-37-32-26-21-18-15-14-16-19-23-28-33-38-45(2)3/h45-47H,6-44H2,1-5H3/t47-/m1/s1. The van der Waals surface area contributed by atoms with E-state index in [1.54, 1.807) is 0 Å². The molecule has 0 fully saturated rings. The van der Waals surface area contributed by atoms with Gasteiger partial charge in [-0.3, -0.25) is 14.4 Å². The molecule has 0 rings (SSSR count). The minimum atomic E-state index is -0.761. The van der Waals surface area contributed by atoms with E-state index in [-0.39, 0.29) is 31.1 Å². The molecule has 0 aromatic rings. The summed E-state index contributed by atoms with van der Waals surface area (Å²) in [4.78, 5) is 37.8. The lowest BCUT2D eigenvalue weighted by Gasteiger charge is -2.18. The highest BCUT2D eigenvalue weighted by molar-refractivity contribution is 5.71. The third-order valence-corrected chi connectivity index (χ3v) is 11.2. The summed E-state index contributed by atoms with van der Waals surface area (Å²) < 4.78 is 16.8. The average molecular weight is 793 g/mol. The van der Waals surface area contributed by atoms with Crippen molar-refractivity contribution in [3.63, 3.8) is 0 Å². The highest BCUT2D eigenvalue weighted by Gasteiger charge is 2.19. The van der Waals surface area contributed by atoms with E-state index < -0.39 is 6.10 Å². The van der Waals surface area contributed by atoms with Gasteiger partial charge in [0.2, 0.25) is 0 Å². The normalized spacial score (nSPS) is 12.1. The molecule has 0 aliphatic rings. The van der Waals surface area contributed by atoms with Gasteiger partial charge in [-0.05, 0) is 31.1 Å². The average Bonchev–Trinajstić information content (AvgIpc) is 3.16. The molecule has 0 aromatic carbocycles. The summed E-state index contributed by atoms with van der Waals surface area (Å²) in [7, 11) is 0. The smallest absolute Gasteiger partial charge is 0.306 e. The van der Waals surface area contributed by atoms with Crippen LogP contribution in [0.4, 0.5) is 0 Å². The summed E-state index contributed by atoms with van der Waals surface area (Å²) in [5, 5.41) is 0. The second kappa shape index (κ2) is 43.0. The number of esters is 3. The Hall–Kier alpha value is -1.59. The second-order valence-corrected chi connectivity index (χ2v) is 18.1. The van der Waals surface area contributed by atoms with E-state index in [2.05, 4.69) is 34.6 Å². The predicted octanol–water partition coefficient (Wildman–Crippen LogP) is 15.8. The fourth-order valence-electron chi connectivity index (χ4n) is 7.46. The monoisotopic (exact) mass is 793 g/mol. The van der Waals surface area contributed by atoms with Crippen LogP contribution in [-0.2, 0) is 28.6 Å². The quantitative estimate of drug-likeness (QED) is 0.0347. The minimum Gasteiger partial charge on any atom is -0.462 e. The lowest BCUT2D eigenvalue weighted by atomic mass is 10.0. The van der Waals surface area contributed by atoms with Crippen LogP contribution >= 0.6 is 0 Å². The van der Waals surface area contributed by atoms with Crippen molar-refractivity contribution in [1.82, 2.24) is 0 Å². The fraction of sp³-hybridized carbons (Fsp3) is 0.940. The van der Waals surface area contributed by atoms with Crippen LogP contribution < -0.4 is 0 Å². The van der Waals surface area contributed by atoms with Crippen molar-refractivity contribution >= 4 is 17.9 Å². The maximum Gasteiger partial charge on any atom is 0.306 e. The van der Waals surface area contributed by atoms with Gasteiger partial charge in [0, 0.05) is 19.3 Å². The Morgan fingerprint density at radius 1 is 0.339 bits per heavy atom. The van der Waals surface area contributed by atoms with Gasteiger partial charge < -0.3 is 14.2 Å². The van der Waals surface area contributed by atoms with Gasteiger partial charge >= 0.3 is 17.9 Å². The van der Waals surface area contributed by atoms with E-state index in [1.165, 1.54) is 161 Å². The molecule has 0 aromatic heterocycles. The SMILES string of the molecule is CCCCCCCCCCCCCCCC(=O)OC[C@H](COC(=O)CCCCCCCCCC(C)C)OC(=O)CCCCCCCCCCCCCCC(C)C. The van der Waals surface area contributed by atoms with E-state index in [1.807, 2.05) is 0 Å². The molecule has 332 valence electrons. The highest BCUT2D eigenvalue weighted by Crippen LogP contribution is 2.17. The van der Waals surface area contributed by atoms with E-state index in [0.717, 1.165) is 69.6 Å². The first kappa shape index (κ1) is 54.4. The molecule has 6 heteroatoms. The zero-order valence-corrected chi connectivity index (χ0v) is 38.3. The van der Waals surface area contributed by atoms with Crippen LogP contribution in [0.1, 0.15) is 272 Å². The molecule has 0 saturated carbocycles. The number of unbranched alkanes of at least 4 members (excludes halogenated alkanes) is 29. The Bertz CT molecular complexity index is 854. The van der Waals surface area contributed by atoms with E-state index in [4.69, 9.17) is 14.2 Å². The molecule has 0 aliphatic carbocycles. The Morgan fingerprint density at radius 3 is 0.875 bits per heavy atom. The minimum absolute atomic E-state index is 0.0644. The molecule has 0 radical (unpaired) electrons. The van der Waals surface area contributed by atoms with Gasteiger partial charge in [-0.1, -0.05) is 234 Å². The van der Waals surface area contributed by atoms with Crippen LogP contribution in [0.2, 0.25) is 0 Å². The van der Waals surface area contributed by atoms with Gasteiger partial charge in [0.1, 0.15) is 13.2 Å². The zero-order valence-electron chi connectivity index (χ0n) is 38.3. The molecular weight excluding hydrogens is 697 g/mol. The van der Waals surface area contributed by atoms with Crippen molar-refractivity contribution in [2.24, 2.45) is 11.8 Å². The first-order valence-corrected chi connectivity index (χ1v) is 24.7. The van der Waals surface area contributed by atoms with Crippen molar-refractivity contribution in [2.45, 2.75) is 278 Å². The summed E-state index contributed by atoms with van der Waals surface area (Å²) in [6.45, 7) is 11.3. The largest absolute Gasteiger partial charge is 0.462 e. The fourth-order valence-corrected chi connectivity index (χ4v) is 7.46. The second-order valence-electron chi connectivity index (χ2n) is 18.1. The Kier molecular flexibility index (Phi) is 41.8. The Balaban J connectivity index is 4.31. The number of hydrogen-bond donors (Lipinski definition) is 0. The molecule has 6 nitrogen and oxygen atoms in total. The first-order valence-electron chi connectivity index (χ1n) is 24.7. The molecule has 1 atom stereocenters. The number of hydrogen-bond acceptors (Lipinski definition) is 6. The summed E-state index contributed by atoms with van der Waals surface area (Å²) in [6, 6.07) is 0. The molecule has 56 heavy (non-hydrogen) atoms. The van der Waals surface area contributed by atoms with E-state index in [9.17, 15) is 14.4 Å². The van der Waals surface area contributed by atoms with Gasteiger partial charge in [0.25, 0.3) is 0 Å². The van der Waals surface area contributed by atoms with Crippen LogP contribution in [0.25, 0.3) is 0 Å². The van der Waals surface area contributed by atoms with Gasteiger partial charge in [0.05, 0.1) is 0 Å². The van der Waals surface area contributed by atoms with Crippen molar-refractivity contribution in [1.29, 1.82) is 0 Å². The molecule has 0 unspecified atom stereocenters. The maximum atomic E-state index is 12.8. The topological polar surface area (TPSA) is 78.9 Å². The van der Waals surface area contributed by atoms with Crippen LogP contribution in [0.15, 0.2) is 0 Å². The van der Waals surface area contributed by atoms with Gasteiger partial charge in [-0.15, -0.1) is 0 Å². The molecule has 0 bridgehead atoms. The van der Waals surface area contributed by atoms with Crippen LogP contribution in [0.3, 0.4) is 0 Å². The predicted molar refractivity (Wildman–Crippen MR) is 238 cm³/mol. The molecule has 0 aliphatic heterocycles. The molecule has 0 saturated heterocycles. The number of rotatable bonds is 44. The third kappa shape index (κ3) is 43.5. The van der Waals surface area contributed by atoms with Crippen LogP contribution in [0.5, 0.6) is 0 Å². The zero-order chi connectivity index (χ0) is 41.2. The van der Waals surface area contributed by atoms with Gasteiger partial charge in [-0.2, -0.15) is 0 Å². The maximum absolute atomic E-state index is 12.8. The molecule has 0 heterocycles. The summed E-state index contributed by atoms with van der Waals surface area (Å²) in [5.74, 6) is 0.760. The van der Waals surface area contributed by atoms with Gasteiger partial charge in [-0.25, -0.2) is 0 Å². The Morgan fingerprint density at radius 2 is 0.589 bits per heavy atom. The Labute approximate surface area is 348 Å². The third-order valence-electron chi connectivity index (χ3n) is 11.2. The van der Waals surface area contributed by atoms with Crippen molar-refractivity contribution in [3.05, 3.63) is 0 Å². The highest BCUT2D eigenvalue weighted by atomic mass is 16.6. The molecule has 0 spiro atoms. The van der Waals surface area contributed by atoms with Crippen molar-refractivity contribution in [2.75, 3.05) is 13.2 Å². The van der Waals surface area contributed by atoms with Crippen LogP contribution in [0, 0.1) is 11.8 Å². The van der Waals surface area contributed by atoms with Crippen molar-refractivity contribution < 1.29 is 28.6 Å². The molecular formula is C50H96O6. The van der Waals surface area contributed by atoms with Gasteiger partial charge in [0.15, 0.2) is 6.10 Å². The summed E-state index contributed by atoms with van der Waals surface area (Å²) >= 11 is 0. The summed E-state index contributed by atoms with van der Waals surface area (Å²) in [6.07, 6.45) is 42.3. The molecule has 0 N–H and O–H groups in total. The lowest BCUT2D eigenvalue weighted by Crippen LogP contribution is -2.30. The van der Waals surface area contributed by atoms with Crippen molar-refractivity contribution in [3.8, 4) is 0 Å². The number of carbonyl (C=O) groups excluding carboxylic acids is 3. The number of ether oxygens (including phenoxy) is 3. The lowest BCUT2D eigenvalue weighted by molar-refractivity contribution is -0.167.